The zero-order chi connectivity index (χ0) is 36.5. The molecular weight excluding hydrogens is 633 g/mol. The van der Waals surface area contributed by atoms with Gasteiger partial charge < -0.3 is 18.9 Å². The SMILES string of the molecule is CC(C)(C)OC(=O)C(CCCCB1OC(C)(C)C(C)(C)O1)(CCCN1CCN(Cc2ccccc2)CC1)N=C(c1ccccc1)c1ccccc1. The van der Waals surface area contributed by atoms with Crippen LogP contribution >= 0.6 is 0 Å². The highest BCUT2D eigenvalue weighted by atomic mass is 16.7. The van der Waals surface area contributed by atoms with Gasteiger partial charge in [-0.2, -0.15) is 0 Å². The van der Waals surface area contributed by atoms with Gasteiger partial charge in [-0.15, -0.1) is 0 Å². The zero-order valence-electron chi connectivity index (χ0n) is 32.2. The molecule has 0 radical (unpaired) electrons. The van der Waals surface area contributed by atoms with Crippen LogP contribution in [0, 0.1) is 0 Å². The van der Waals surface area contributed by atoms with Crippen molar-refractivity contribution in [2.45, 2.75) is 116 Å². The average molecular weight is 694 g/mol. The molecule has 1 atom stereocenters. The number of hydrogen-bond acceptors (Lipinski definition) is 7. The van der Waals surface area contributed by atoms with E-state index in [1.807, 2.05) is 57.2 Å². The van der Waals surface area contributed by atoms with Crippen molar-refractivity contribution in [2.24, 2.45) is 4.99 Å². The minimum Gasteiger partial charge on any atom is -0.458 e. The van der Waals surface area contributed by atoms with Gasteiger partial charge in [-0.25, -0.2) is 4.79 Å². The summed E-state index contributed by atoms with van der Waals surface area (Å²) in [5, 5.41) is 0. The van der Waals surface area contributed by atoms with E-state index >= 15 is 0 Å². The molecule has 274 valence electrons. The van der Waals surface area contributed by atoms with Crippen LogP contribution in [0.1, 0.15) is 97.3 Å². The molecule has 51 heavy (non-hydrogen) atoms. The van der Waals surface area contributed by atoms with Crippen molar-refractivity contribution in [3.8, 4) is 0 Å². The monoisotopic (exact) mass is 693 g/mol. The molecule has 3 aromatic rings. The molecule has 2 fully saturated rings. The van der Waals surface area contributed by atoms with Gasteiger partial charge in [0.1, 0.15) is 5.60 Å². The molecule has 5 rings (SSSR count). The van der Waals surface area contributed by atoms with Gasteiger partial charge in [-0.3, -0.25) is 9.89 Å². The Labute approximate surface area is 307 Å². The summed E-state index contributed by atoms with van der Waals surface area (Å²) in [4.78, 5) is 25.2. The first-order valence-corrected chi connectivity index (χ1v) is 19.0. The molecule has 7 nitrogen and oxygen atoms in total. The fourth-order valence-electron chi connectivity index (χ4n) is 6.98. The van der Waals surface area contributed by atoms with E-state index in [-0.39, 0.29) is 24.3 Å². The fraction of sp³-hybridized carbons (Fsp3) is 0.535. The quantitative estimate of drug-likeness (QED) is 0.0689. The predicted molar refractivity (Wildman–Crippen MR) is 209 cm³/mol. The van der Waals surface area contributed by atoms with Crippen LogP contribution in [-0.4, -0.2) is 83.7 Å². The van der Waals surface area contributed by atoms with Crippen LogP contribution in [0.15, 0.2) is 96.0 Å². The second-order valence-corrected chi connectivity index (χ2v) is 16.4. The third-order valence-corrected chi connectivity index (χ3v) is 10.6. The number of hydrogen-bond donors (Lipinski definition) is 0. The third-order valence-electron chi connectivity index (χ3n) is 10.6. The second kappa shape index (κ2) is 17.0. The van der Waals surface area contributed by atoms with E-state index < -0.39 is 11.1 Å². The van der Waals surface area contributed by atoms with Crippen molar-refractivity contribution in [3.63, 3.8) is 0 Å². The lowest BCUT2D eigenvalue weighted by Gasteiger charge is -2.36. The first kappa shape index (κ1) is 38.9. The van der Waals surface area contributed by atoms with Crippen molar-refractivity contribution >= 4 is 18.8 Å². The lowest BCUT2D eigenvalue weighted by atomic mass is 9.80. The highest BCUT2D eigenvalue weighted by molar-refractivity contribution is 6.45. The van der Waals surface area contributed by atoms with Gasteiger partial charge in [0, 0.05) is 43.9 Å². The van der Waals surface area contributed by atoms with E-state index in [2.05, 4.69) is 92.1 Å². The Hall–Kier alpha value is -3.30. The van der Waals surface area contributed by atoms with Crippen molar-refractivity contribution < 1.29 is 18.8 Å². The van der Waals surface area contributed by atoms with E-state index in [1.54, 1.807) is 0 Å². The lowest BCUT2D eigenvalue weighted by Crippen LogP contribution is -2.47. The van der Waals surface area contributed by atoms with Crippen LogP contribution in [0.25, 0.3) is 0 Å². The summed E-state index contributed by atoms with van der Waals surface area (Å²) in [7, 11) is -0.265. The number of esters is 1. The molecule has 0 amide bonds. The maximum Gasteiger partial charge on any atom is 0.457 e. The number of piperazine rings is 1. The molecule has 8 heteroatoms. The third kappa shape index (κ3) is 10.9. The first-order valence-electron chi connectivity index (χ1n) is 19.0. The molecular formula is C43H60BN3O4. The number of unbranched alkanes of at least 4 members (excludes halogenated alkanes) is 1. The normalized spacial score (nSPS) is 19.0. The minimum atomic E-state index is -1.06. The van der Waals surface area contributed by atoms with Crippen molar-refractivity contribution in [2.75, 3.05) is 32.7 Å². The lowest BCUT2D eigenvalue weighted by molar-refractivity contribution is -0.162. The maximum atomic E-state index is 14.6. The van der Waals surface area contributed by atoms with Crippen molar-refractivity contribution in [1.29, 1.82) is 0 Å². The smallest absolute Gasteiger partial charge is 0.457 e. The summed E-state index contributed by atoms with van der Waals surface area (Å²) in [5.41, 5.74) is 1.73. The van der Waals surface area contributed by atoms with Gasteiger partial charge in [0.25, 0.3) is 0 Å². The molecule has 0 bridgehead atoms. The van der Waals surface area contributed by atoms with Gasteiger partial charge in [0.15, 0.2) is 5.54 Å². The van der Waals surface area contributed by atoms with Gasteiger partial charge in [-0.1, -0.05) is 104 Å². The number of aliphatic imine (C=N–C) groups is 1. The Balaban J connectivity index is 1.38. The Morgan fingerprint density at radius 3 is 1.75 bits per heavy atom. The summed E-state index contributed by atoms with van der Waals surface area (Å²) >= 11 is 0. The number of carbonyl (C=O) groups is 1. The molecule has 2 aliphatic heterocycles. The largest absolute Gasteiger partial charge is 0.458 e. The van der Waals surface area contributed by atoms with Crippen LogP contribution in [0.2, 0.25) is 6.32 Å². The van der Waals surface area contributed by atoms with Crippen LogP contribution in [0.5, 0.6) is 0 Å². The van der Waals surface area contributed by atoms with E-state index in [9.17, 15) is 4.79 Å². The number of ether oxygens (including phenoxy) is 1. The number of rotatable bonds is 15. The standard InChI is InChI=1S/C43H60BN3O4/c1-40(2,3)49-39(48)43(26-17-18-28-44-50-41(4,5)42(6,7)51-44,45-38(36-22-13-9-14-23-36)37-24-15-10-16-25-37)27-19-29-46-30-32-47(33-31-46)34-35-20-11-8-12-21-35/h8-16,20-25H,17-19,26-34H2,1-7H3. The molecule has 0 N–H and O–H groups in total. The Morgan fingerprint density at radius 1 is 0.725 bits per heavy atom. The highest BCUT2D eigenvalue weighted by Gasteiger charge is 2.50. The summed E-state index contributed by atoms with van der Waals surface area (Å²) in [5.74, 6) is -0.248. The highest BCUT2D eigenvalue weighted by Crippen LogP contribution is 2.39. The minimum absolute atomic E-state index is 0.248. The van der Waals surface area contributed by atoms with Crippen LogP contribution in [0.4, 0.5) is 0 Å². The molecule has 0 aliphatic carbocycles. The summed E-state index contributed by atoms with van der Waals surface area (Å²) in [6, 6.07) is 31.2. The van der Waals surface area contributed by atoms with E-state index in [4.69, 9.17) is 19.0 Å². The molecule has 0 aromatic heterocycles. The summed E-state index contributed by atoms with van der Waals surface area (Å²) in [6.07, 6.45) is 4.43. The van der Waals surface area contributed by atoms with Crippen molar-refractivity contribution in [1.82, 2.24) is 9.80 Å². The first-order chi connectivity index (χ1) is 24.3. The van der Waals surface area contributed by atoms with Gasteiger partial charge in [0.05, 0.1) is 16.9 Å². The van der Waals surface area contributed by atoms with E-state index in [0.717, 1.165) is 81.7 Å². The average Bonchev–Trinajstić information content (AvgIpc) is 3.31. The molecule has 3 aromatic carbocycles. The fourth-order valence-corrected chi connectivity index (χ4v) is 6.98. The Kier molecular flexibility index (Phi) is 13.0. The molecule has 1 unspecified atom stereocenters. The number of nitrogens with zero attached hydrogens (tertiary/aromatic N) is 3. The molecule has 2 aliphatic rings. The van der Waals surface area contributed by atoms with E-state index in [1.165, 1.54) is 5.56 Å². The second-order valence-electron chi connectivity index (χ2n) is 16.4. The number of carbonyl (C=O) groups excluding carboxylic acids is 1. The van der Waals surface area contributed by atoms with Crippen LogP contribution < -0.4 is 0 Å². The van der Waals surface area contributed by atoms with E-state index in [0.29, 0.717) is 12.8 Å². The van der Waals surface area contributed by atoms with Crippen molar-refractivity contribution in [3.05, 3.63) is 108 Å². The zero-order valence-corrected chi connectivity index (χ0v) is 32.2. The van der Waals surface area contributed by atoms with Crippen LogP contribution in [0.3, 0.4) is 0 Å². The summed E-state index contributed by atoms with van der Waals surface area (Å²) < 4.78 is 18.9. The predicted octanol–water partition coefficient (Wildman–Crippen LogP) is 8.47. The van der Waals surface area contributed by atoms with Gasteiger partial charge in [-0.05, 0) is 86.2 Å². The maximum absolute atomic E-state index is 14.6. The molecule has 0 spiro atoms. The Morgan fingerprint density at radius 2 is 1.22 bits per heavy atom. The van der Waals surface area contributed by atoms with Crippen LogP contribution in [-0.2, 0) is 25.4 Å². The van der Waals surface area contributed by atoms with Gasteiger partial charge >= 0.3 is 13.1 Å². The summed E-state index contributed by atoms with van der Waals surface area (Å²) in [6.45, 7) is 20.2. The molecule has 2 heterocycles. The molecule has 0 saturated carbocycles. The Bertz CT molecular complexity index is 1490. The number of benzene rings is 3. The molecule has 2 saturated heterocycles. The van der Waals surface area contributed by atoms with Gasteiger partial charge in [0.2, 0.25) is 0 Å². The topological polar surface area (TPSA) is 63.6 Å².